The predicted molar refractivity (Wildman–Crippen MR) is 106 cm³/mol. The fraction of sp³-hybridized carbons (Fsp3) is 0.150. The van der Waals surface area contributed by atoms with Crippen LogP contribution in [0.2, 0.25) is 0 Å². The smallest absolute Gasteiger partial charge is 0.393 e. The summed E-state index contributed by atoms with van der Waals surface area (Å²) in [7, 11) is 3.49. The van der Waals surface area contributed by atoms with E-state index in [0.717, 1.165) is 23.3 Å². The topological polar surface area (TPSA) is 82.8 Å². The number of fused-ring (bicyclic) bond motifs is 1. The number of pyridine rings is 1. The summed E-state index contributed by atoms with van der Waals surface area (Å²) in [4.78, 5) is 16.1. The van der Waals surface area contributed by atoms with Crippen molar-refractivity contribution >= 4 is 34.3 Å². The number of carbonyl (C=O) groups excluding carboxylic acids is 1. The van der Waals surface area contributed by atoms with Crippen molar-refractivity contribution < 1.29 is 18.0 Å². The average Bonchev–Trinajstić information content (AvgIpc) is 3.02. The molecule has 0 aliphatic rings. The molecule has 29 heavy (non-hydrogen) atoms. The highest BCUT2D eigenvalue weighted by Crippen LogP contribution is 2.29. The molecule has 0 radical (unpaired) electrons. The molecule has 0 saturated carbocycles. The highest BCUT2D eigenvalue weighted by atomic mass is 19.4. The number of hydrogen-bond donors (Lipinski definition) is 3. The second kappa shape index (κ2) is 7.78. The number of anilines is 1. The number of nitrogens with zero attached hydrogens (tertiary/aromatic N) is 2. The van der Waals surface area contributed by atoms with E-state index in [-0.39, 0.29) is 5.69 Å². The first-order valence-electron chi connectivity index (χ1n) is 8.56. The van der Waals surface area contributed by atoms with Crippen LogP contribution in [0.1, 0.15) is 21.6 Å². The van der Waals surface area contributed by atoms with Crippen LogP contribution >= 0.6 is 0 Å². The zero-order valence-corrected chi connectivity index (χ0v) is 15.6. The number of benzene rings is 1. The van der Waals surface area contributed by atoms with Gasteiger partial charge in [-0.3, -0.25) is 9.78 Å². The fourth-order valence-corrected chi connectivity index (χ4v) is 2.98. The summed E-state index contributed by atoms with van der Waals surface area (Å²) in [6.07, 6.45) is 0.862. The Kier molecular flexibility index (Phi) is 5.40. The summed E-state index contributed by atoms with van der Waals surface area (Å²) in [5.74, 6) is -0.541. The molecule has 2 aromatic heterocycles. The minimum absolute atomic E-state index is 0.000687. The molecule has 0 unspecified atom stereocenters. The molecule has 3 rings (SSSR count). The lowest BCUT2D eigenvalue weighted by Gasteiger charge is -2.09. The maximum absolute atomic E-state index is 12.8. The van der Waals surface area contributed by atoms with E-state index in [1.807, 2.05) is 12.1 Å². The van der Waals surface area contributed by atoms with E-state index in [0.29, 0.717) is 16.5 Å². The van der Waals surface area contributed by atoms with Crippen LogP contribution in [-0.4, -0.2) is 28.7 Å². The molecule has 0 fully saturated rings. The average molecular weight is 401 g/mol. The molecule has 3 aromatic rings. The van der Waals surface area contributed by atoms with Crippen LogP contribution in [0.25, 0.3) is 16.5 Å². The van der Waals surface area contributed by atoms with E-state index in [2.05, 4.69) is 15.6 Å². The van der Waals surface area contributed by atoms with Gasteiger partial charge >= 0.3 is 6.18 Å². The molecule has 3 N–H and O–H groups in total. The van der Waals surface area contributed by atoms with Crippen LogP contribution in [0.3, 0.4) is 0 Å². The van der Waals surface area contributed by atoms with E-state index in [1.165, 1.54) is 12.3 Å². The number of allylic oxidation sites excluding steroid dienone is 1. The first kappa shape index (κ1) is 20.1. The first-order chi connectivity index (χ1) is 13.7. The summed E-state index contributed by atoms with van der Waals surface area (Å²) in [6, 6.07) is 7.51. The largest absolute Gasteiger partial charge is 0.433 e. The van der Waals surface area contributed by atoms with E-state index in [1.54, 1.807) is 37.1 Å². The number of amides is 1. The van der Waals surface area contributed by atoms with Crippen LogP contribution in [-0.2, 0) is 13.2 Å². The maximum atomic E-state index is 12.8. The molecule has 1 aromatic carbocycles. The van der Waals surface area contributed by atoms with Crippen molar-refractivity contribution in [2.24, 2.45) is 7.05 Å². The van der Waals surface area contributed by atoms with Crippen LogP contribution in [0.15, 0.2) is 48.9 Å². The SMILES string of the molecule is CN/C=C(\C=N)c1ccc2c(c1)c(C(=O)Nc1ccnc(C(F)(F)F)c1)cn2C. The van der Waals surface area contributed by atoms with Gasteiger partial charge in [0.2, 0.25) is 0 Å². The Bertz CT molecular complexity index is 1110. The molecule has 0 saturated heterocycles. The Morgan fingerprint density at radius 3 is 2.66 bits per heavy atom. The number of rotatable bonds is 5. The van der Waals surface area contributed by atoms with Gasteiger partial charge in [-0.05, 0) is 29.8 Å². The number of aryl methyl sites for hydroxylation is 1. The number of halogens is 3. The third-order valence-corrected chi connectivity index (χ3v) is 4.33. The van der Waals surface area contributed by atoms with Crippen LogP contribution in [0, 0.1) is 5.41 Å². The summed E-state index contributed by atoms with van der Waals surface area (Å²) in [5, 5.41) is 13.5. The quantitative estimate of drug-likeness (QED) is 0.564. The highest BCUT2D eigenvalue weighted by molar-refractivity contribution is 6.15. The molecular weight excluding hydrogens is 383 g/mol. The lowest BCUT2D eigenvalue weighted by molar-refractivity contribution is -0.141. The normalized spacial score (nSPS) is 12.1. The van der Waals surface area contributed by atoms with Crippen molar-refractivity contribution in [3.8, 4) is 0 Å². The molecule has 0 spiro atoms. The first-order valence-corrected chi connectivity index (χ1v) is 8.56. The molecule has 6 nitrogen and oxygen atoms in total. The molecule has 0 atom stereocenters. The molecule has 0 aliphatic carbocycles. The van der Waals surface area contributed by atoms with Gasteiger partial charge < -0.3 is 20.6 Å². The minimum atomic E-state index is -4.60. The Morgan fingerprint density at radius 1 is 1.24 bits per heavy atom. The second-order valence-corrected chi connectivity index (χ2v) is 6.30. The zero-order chi connectivity index (χ0) is 21.2. The summed E-state index contributed by atoms with van der Waals surface area (Å²) in [6.45, 7) is 0. The Balaban J connectivity index is 2.00. The van der Waals surface area contributed by atoms with Crippen molar-refractivity contribution in [2.45, 2.75) is 6.18 Å². The Morgan fingerprint density at radius 2 is 2.00 bits per heavy atom. The monoisotopic (exact) mass is 401 g/mol. The van der Waals surface area contributed by atoms with Gasteiger partial charge in [-0.15, -0.1) is 0 Å². The number of carbonyl (C=O) groups is 1. The molecule has 150 valence electrons. The van der Waals surface area contributed by atoms with Gasteiger partial charge in [0, 0.05) is 61.1 Å². The minimum Gasteiger partial charge on any atom is -0.393 e. The van der Waals surface area contributed by atoms with Crippen molar-refractivity contribution in [3.05, 3.63) is 65.7 Å². The summed E-state index contributed by atoms with van der Waals surface area (Å²) in [5.41, 5.74) is 1.35. The molecule has 9 heteroatoms. The van der Waals surface area contributed by atoms with Gasteiger partial charge in [0.15, 0.2) is 0 Å². The van der Waals surface area contributed by atoms with Gasteiger partial charge in [-0.25, -0.2) is 0 Å². The molecule has 1 amide bonds. The predicted octanol–water partition coefficient (Wildman–Crippen LogP) is 4.05. The maximum Gasteiger partial charge on any atom is 0.433 e. The van der Waals surface area contributed by atoms with Crippen molar-refractivity contribution in [2.75, 3.05) is 12.4 Å². The summed E-state index contributed by atoms with van der Waals surface area (Å²) < 4.78 is 40.3. The van der Waals surface area contributed by atoms with E-state index < -0.39 is 17.8 Å². The van der Waals surface area contributed by atoms with Gasteiger partial charge in [-0.2, -0.15) is 13.2 Å². The van der Waals surface area contributed by atoms with Crippen molar-refractivity contribution in [1.82, 2.24) is 14.9 Å². The number of nitrogens with one attached hydrogen (secondary N) is 3. The van der Waals surface area contributed by atoms with Gasteiger partial charge in [0.25, 0.3) is 5.91 Å². The Labute approximate surface area is 164 Å². The molecule has 0 aliphatic heterocycles. The second-order valence-electron chi connectivity index (χ2n) is 6.30. The highest BCUT2D eigenvalue weighted by Gasteiger charge is 2.32. The molecule has 2 heterocycles. The third kappa shape index (κ3) is 4.13. The van der Waals surface area contributed by atoms with Crippen LogP contribution < -0.4 is 10.6 Å². The van der Waals surface area contributed by atoms with E-state index in [9.17, 15) is 18.0 Å². The lowest BCUT2D eigenvalue weighted by Crippen LogP contribution is -2.14. The van der Waals surface area contributed by atoms with Gasteiger partial charge in [0.05, 0.1) is 5.56 Å². The third-order valence-electron chi connectivity index (χ3n) is 4.33. The van der Waals surface area contributed by atoms with Crippen LogP contribution in [0.5, 0.6) is 0 Å². The van der Waals surface area contributed by atoms with Crippen molar-refractivity contribution in [3.63, 3.8) is 0 Å². The zero-order valence-electron chi connectivity index (χ0n) is 15.6. The summed E-state index contributed by atoms with van der Waals surface area (Å²) >= 11 is 0. The van der Waals surface area contributed by atoms with Gasteiger partial charge in [-0.1, -0.05) is 6.07 Å². The number of alkyl halides is 3. The van der Waals surface area contributed by atoms with Crippen LogP contribution in [0.4, 0.5) is 18.9 Å². The van der Waals surface area contributed by atoms with Crippen molar-refractivity contribution in [1.29, 1.82) is 5.41 Å². The molecule has 0 bridgehead atoms. The lowest BCUT2D eigenvalue weighted by atomic mass is 10.0. The number of aromatic nitrogens is 2. The fourth-order valence-electron chi connectivity index (χ4n) is 2.98. The van der Waals surface area contributed by atoms with Gasteiger partial charge in [0.1, 0.15) is 5.69 Å². The van der Waals surface area contributed by atoms with E-state index in [4.69, 9.17) is 5.41 Å². The molecular formula is C20H18F3N5O. The number of hydrogen-bond acceptors (Lipinski definition) is 4. The standard InChI is InChI=1S/C20H18F3N5O/c1-25-10-13(9-24)12-3-4-17-15(7-12)16(11-28(17)2)19(29)27-14-5-6-26-18(8-14)20(21,22)23/h3-11,24-25H,1-2H3,(H,26,27,29)/b13-10+,24-9?. The Hall–Kier alpha value is -3.62. The van der Waals surface area contributed by atoms with E-state index >= 15 is 0 Å².